The second-order valence-electron chi connectivity index (χ2n) is 4.69. The summed E-state index contributed by atoms with van der Waals surface area (Å²) in [5.41, 5.74) is 0.121. The van der Waals surface area contributed by atoms with Crippen LogP contribution in [0.5, 0.6) is 0 Å². The number of pyridine rings is 1. The van der Waals surface area contributed by atoms with E-state index in [1.54, 1.807) is 0 Å². The van der Waals surface area contributed by atoms with Gasteiger partial charge in [0, 0.05) is 19.3 Å². The maximum Gasteiger partial charge on any atom is 0.253 e. The van der Waals surface area contributed by atoms with Gasteiger partial charge >= 0.3 is 0 Å². The van der Waals surface area contributed by atoms with Gasteiger partial charge in [0.15, 0.2) is 0 Å². The maximum absolute atomic E-state index is 12.9. The van der Waals surface area contributed by atoms with E-state index in [0.717, 1.165) is 12.3 Å². The third kappa shape index (κ3) is 6.26. The topological polar surface area (TPSA) is 71.5 Å². The van der Waals surface area contributed by atoms with Crippen LogP contribution in [-0.2, 0) is 4.74 Å². The monoisotopic (exact) mass is 270 g/mol. The molecule has 1 amide bonds. The van der Waals surface area contributed by atoms with Crippen LogP contribution < -0.4 is 5.32 Å². The second-order valence-corrected chi connectivity index (χ2v) is 4.69. The number of halogens is 1. The molecular formula is C13H19FN2O3. The highest BCUT2D eigenvalue weighted by atomic mass is 19.1. The standard InChI is InChI=1S/C13H19FN2O3/c1-9(2)7-19-8-12(17)6-16-13(18)10-3-11(14)5-15-4-10/h3-5,9,12,17H,6-8H2,1-2H3,(H,16,18). The van der Waals surface area contributed by atoms with Crippen LogP contribution in [0.25, 0.3) is 0 Å². The number of nitrogens with one attached hydrogen (secondary N) is 1. The highest BCUT2D eigenvalue weighted by Crippen LogP contribution is 2.00. The van der Waals surface area contributed by atoms with Gasteiger partial charge in [-0.05, 0) is 12.0 Å². The number of aliphatic hydroxyl groups excluding tert-OH is 1. The minimum absolute atomic E-state index is 0.0490. The van der Waals surface area contributed by atoms with E-state index in [1.807, 2.05) is 13.8 Å². The molecule has 106 valence electrons. The minimum atomic E-state index is -0.788. The molecule has 5 nitrogen and oxygen atoms in total. The molecule has 0 saturated carbocycles. The molecule has 0 spiro atoms. The number of ether oxygens (including phenoxy) is 1. The molecule has 0 bridgehead atoms. The van der Waals surface area contributed by atoms with Crippen LogP contribution in [-0.4, -0.2) is 41.9 Å². The quantitative estimate of drug-likeness (QED) is 0.775. The molecule has 1 aromatic rings. The molecule has 0 saturated heterocycles. The van der Waals surface area contributed by atoms with Crippen molar-refractivity contribution in [2.45, 2.75) is 20.0 Å². The Morgan fingerprint density at radius 2 is 2.21 bits per heavy atom. The fraction of sp³-hybridized carbons (Fsp3) is 0.538. The number of aliphatic hydroxyl groups is 1. The van der Waals surface area contributed by atoms with Gasteiger partial charge < -0.3 is 15.2 Å². The molecule has 0 aromatic carbocycles. The largest absolute Gasteiger partial charge is 0.389 e. The van der Waals surface area contributed by atoms with Crippen molar-refractivity contribution in [1.82, 2.24) is 10.3 Å². The molecule has 1 rings (SSSR count). The molecule has 0 aliphatic carbocycles. The van der Waals surface area contributed by atoms with Gasteiger partial charge in [-0.1, -0.05) is 13.8 Å². The van der Waals surface area contributed by atoms with Crippen molar-refractivity contribution in [3.63, 3.8) is 0 Å². The lowest BCUT2D eigenvalue weighted by Gasteiger charge is -2.13. The van der Waals surface area contributed by atoms with E-state index in [1.165, 1.54) is 6.20 Å². The summed E-state index contributed by atoms with van der Waals surface area (Å²) >= 11 is 0. The minimum Gasteiger partial charge on any atom is -0.389 e. The van der Waals surface area contributed by atoms with E-state index >= 15 is 0 Å². The van der Waals surface area contributed by atoms with Crippen molar-refractivity contribution in [2.75, 3.05) is 19.8 Å². The second kappa shape index (κ2) is 7.81. The van der Waals surface area contributed by atoms with Gasteiger partial charge in [0.2, 0.25) is 0 Å². The van der Waals surface area contributed by atoms with Gasteiger partial charge in [-0.15, -0.1) is 0 Å². The van der Waals surface area contributed by atoms with Gasteiger partial charge in [-0.25, -0.2) is 4.39 Å². The zero-order valence-corrected chi connectivity index (χ0v) is 11.1. The van der Waals surface area contributed by atoms with Gasteiger partial charge in [0.1, 0.15) is 5.82 Å². The van der Waals surface area contributed by atoms with Crippen molar-refractivity contribution in [1.29, 1.82) is 0 Å². The van der Waals surface area contributed by atoms with Gasteiger partial charge in [0.25, 0.3) is 5.91 Å². The molecular weight excluding hydrogens is 251 g/mol. The Morgan fingerprint density at radius 1 is 1.47 bits per heavy atom. The summed E-state index contributed by atoms with van der Waals surface area (Å²) < 4.78 is 18.1. The van der Waals surface area contributed by atoms with Crippen LogP contribution in [0.4, 0.5) is 4.39 Å². The Balaban J connectivity index is 2.30. The summed E-state index contributed by atoms with van der Waals surface area (Å²) in [5, 5.41) is 12.1. The van der Waals surface area contributed by atoms with Crippen molar-refractivity contribution in [2.24, 2.45) is 5.92 Å². The summed E-state index contributed by atoms with van der Waals surface area (Å²) in [7, 11) is 0. The van der Waals surface area contributed by atoms with Gasteiger partial charge in [0.05, 0.1) is 24.5 Å². The van der Waals surface area contributed by atoms with E-state index in [9.17, 15) is 14.3 Å². The lowest BCUT2D eigenvalue weighted by Crippen LogP contribution is -2.34. The number of aromatic nitrogens is 1. The fourth-order valence-corrected chi connectivity index (χ4v) is 1.35. The number of carbonyl (C=O) groups excluding carboxylic acids is 1. The maximum atomic E-state index is 12.9. The van der Waals surface area contributed by atoms with Gasteiger partial charge in [-0.3, -0.25) is 9.78 Å². The number of carbonyl (C=O) groups is 1. The van der Waals surface area contributed by atoms with Crippen molar-refractivity contribution >= 4 is 5.91 Å². The zero-order chi connectivity index (χ0) is 14.3. The Kier molecular flexibility index (Phi) is 6.38. The zero-order valence-electron chi connectivity index (χ0n) is 11.1. The van der Waals surface area contributed by atoms with Crippen molar-refractivity contribution < 1.29 is 19.0 Å². The average molecular weight is 270 g/mol. The SMILES string of the molecule is CC(C)COCC(O)CNC(=O)c1cncc(F)c1. The number of rotatable bonds is 7. The van der Waals surface area contributed by atoms with Gasteiger partial charge in [-0.2, -0.15) is 0 Å². The molecule has 1 atom stereocenters. The lowest BCUT2D eigenvalue weighted by atomic mass is 10.2. The smallest absolute Gasteiger partial charge is 0.253 e. The molecule has 0 aliphatic rings. The van der Waals surface area contributed by atoms with E-state index in [0.29, 0.717) is 12.5 Å². The fourth-order valence-electron chi connectivity index (χ4n) is 1.35. The predicted octanol–water partition coefficient (Wildman–Crippen LogP) is 0.984. The summed E-state index contributed by atoms with van der Waals surface area (Å²) in [4.78, 5) is 15.2. The molecule has 0 aliphatic heterocycles. The third-order valence-corrected chi connectivity index (χ3v) is 2.23. The Labute approximate surface area is 111 Å². The first-order valence-electron chi connectivity index (χ1n) is 6.13. The Morgan fingerprint density at radius 3 is 2.84 bits per heavy atom. The first-order chi connectivity index (χ1) is 8.99. The van der Waals surface area contributed by atoms with Crippen LogP contribution >= 0.6 is 0 Å². The summed E-state index contributed by atoms with van der Waals surface area (Å²) in [6.07, 6.45) is 1.50. The van der Waals surface area contributed by atoms with E-state index in [4.69, 9.17) is 4.74 Å². The first-order valence-corrected chi connectivity index (χ1v) is 6.13. The molecule has 1 unspecified atom stereocenters. The lowest BCUT2D eigenvalue weighted by molar-refractivity contribution is 0.0259. The molecule has 2 N–H and O–H groups in total. The van der Waals surface area contributed by atoms with Crippen LogP contribution in [0, 0.1) is 11.7 Å². The third-order valence-electron chi connectivity index (χ3n) is 2.23. The predicted molar refractivity (Wildman–Crippen MR) is 68.2 cm³/mol. The molecule has 19 heavy (non-hydrogen) atoms. The highest BCUT2D eigenvalue weighted by Gasteiger charge is 2.10. The molecule has 1 aromatic heterocycles. The normalized spacial score (nSPS) is 12.5. The number of nitrogens with zero attached hydrogens (tertiary/aromatic N) is 1. The molecule has 0 fully saturated rings. The number of amides is 1. The van der Waals surface area contributed by atoms with Crippen LogP contribution in [0.3, 0.4) is 0 Å². The molecule has 1 heterocycles. The first kappa shape index (κ1) is 15.5. The van der Waals surface area contributed by atoms with E-state index < -0.39 is 17.8 Å². The van der Waals surface area contributed by atoms with E-state index in [2.05, 4.69) is 10.3 Å². The summed E-state index contributed by atoms with van der Waals surface area (Å²) in [6.45, 7) is 4.77. The van der Waals surface area contributed by atoms with Crippen molar-refractivity contribution in [3.05, 3.63) is 29.8 Å². The van der Waals surface area contributed by atoms with E-state index in [-0.39, 0.29) is 18.7 Å². The van der Waals surface area contributed by atoms with Crippen LogP contribution in [0.2, 0.25) is 0 Å². The Hall–Kier alpha value is -1.53. The number of hydrogen-bond acceptors (Lipinski definition) is 4. The van der Waals surface area contributed by atoms with Crippen LogP contribution in [0.15, 0.2) is 18.5 Å². The van der Waals surface area contributed by atoms with Crippen LogP contribution in [0.1, 0.15) is 24.2 Å². The Bertz CT molecular complexity index is 413. The summed E-state index contributed by atoms with van der Waals surface area (Å²) in [6, 6.07) is 1.09. The summed E-state index contributed by atoms with van der Waals surface area (Å²) in [5.74, 6) is -0.663. The number of hydrogen-bond donors (Lipinski definition) is 2. The van der Waals surface area contributed by atoms with Crippen molar-refractivity contribution in [3.8, 4) is 0 Å². The average Bonchev–Trinajstić information content (AvgIpc) is 2.35. The highest BCUT2D eigenvalue weighted by molar-refractivity contribution is 5.93. The molecule has 0 radical (unpaired) electrons. The molecule has 6 heteroatoms.